The molecule has 1 aromatic carbocycles. The number of amides is 1. The fourth-order valence-electron chi connectivity index (χ4n) is 3.27. The van der Waals surface area contributed by atoms with Crippen LogP contribution in [0, 0.1) is 11.3 Å². The summed E-state index contributed by atoms with van der Waals surface area (Å²) in [6, 6.07) is 8.74. The van der Waals surface area contributed by atoms with E-state index in [1.807, 2.05) is 6.07 Å². The van der Waals surface area contributed by atoms with Gasteiger partial charge in [0.2, 0.25) is 0 Å². The Morgan fingerprint density at radius 1 is 1.35 bits per heavy atom. The van der Waals surface area contributed by atoms with Gasteiger partial charge in [-0.15, -0.1) is 0 Å². The Balaban J connectivity index is 2.00. The van der Waals surface area contributed by atoms with Crippen LogP contribution >= 0.6 is 0 Å². The Morgan fingerprint density at radius 3 is 2.81 bits per heavy atom. The zero-order chi connectivity index (χ0) is 18.8. The first-order valence-corrected chi connectivity index (χ1v) is 9.44. The van der Waals surface area contributed by atoms with Crippen molar-refractivity contribution in [1.29, 1.82) is 5.26 Å². The molecule has 0 saturated heterocycles. The third kappa shape index (κ3) is 5.60. The van der Waals surface area contributed by atoms with Gasteiger partial charge in [0.1, 0.15) is 11.6 Å². The van der Waals surface area contributed by atoms with E-state index in [1.54, 1.807) is 13.3 Å². The second-order valence-corrected chi connectivity index (χ2v) is 6.63. The number of benzene rings is 1. The zero-order valence-electron chi connectivity index (χ0n) is 15.8. The third-order valence-electron chi connectivity index (χ3n) is 4.79. The van der Waals surface area contributed by atoms with Crippen molar-refractivity contribution >= 4 is 5.91 Å². The molecule has 1 aromatic rings. The molecule has 0 radical (unpaired) electrons. The molecule has 0 bridgehead atoms. The molecule has 0 heterocycles. The molecule has 1 atom stereocenters. The van der Waals surface area contributed by atoms with Crippen LogP contribution in [0.15, 0.2) is 30.0 Å². The average Bonchev–Trinajstić information content (AvgIpc) is 2.68. The molecule has 1 unspecified atom stereocenters. The van der Waals surface area contributed by atoms with Gasteiger partial charge in [-0.05, 0) is 55.2 Å². The van der Waals surface area contributed by atoms with Crippen molar-refractivity contribution in [3.63, 3.8) is 0 Å². The molecule has 5 heteroatoms. The quantitative estimate of drug-likeness (QED) is 0.405. The summed E-state index contributed by atoms with van der Waals surface area (Å²) in [5.41, 5.74) is 4.20. The van der Waals surface area contributed by atoms with Crippen LogP contribution in [0.4, 0.5) is 0 Å². The summed E-state index contributed by atoms with van der Waals surface area (Å²) in [5.74, 6) is -0.351. The first-order valence-electron chi connectivity index (χ1n) is 9.44. The fourth-order valence-corrected chi connectivity index (χ4v) is 3.27. The molecular formula is C21H29N3O2. The van der Waals surface area contributed by atoms with Crippen LogP contribution in [0.3, 0.4) is 0 Å². The maximum atomic E-state index is 12.1. The lowest BCUT2D eigenvalue weighted by molar-refractivity contribution is -0.117. The van der Waals surface area contributed by atoms with Gasteiger partial charge < -0.3 is 15.4 Å². The van der Waals surface area contributed by atoms with Crippen LogP contribution in [0.2, 0.25) is 0 Å². The first kappa shape index (κ1) is 20.0. The highest BCUT2D eigenvalue weighted by atomic mass is 16.5. The highest BCUT2D eigenvalue weighted by molar-refractivity contribution is 5.97. The van der Waals surface area contributed by atoms with E-state index < -0.39 is 0 Å². The predicted molar refractivity (Wildman–Crippen MR) is 102 cm³/mol. The smallest absolute Gasteiger partial charge is 0.263 e. The fraction of sp³-hybridized carbons (Fsp3) is 0.524. The Hall–Kier alpha value is -2.32. The lowest BCUT2D eigenvalue weighted by Crippen LogP contribution is -2.27. The summed E-state index contributed by atoms with van der Waals surface area (Å²) in [4.78, 5) is 12.1. The van der Waals surface area contributed by atoms with Crippen molar-refractivity contribution in [1.82, 2.24) is 10.6 Å². The number of nitriles is 1. The van der Waals surface area contributed by atoms with Crippen LogP contribution in [0.1, 0.15) is 55.3 Å². The van der Waals surface area contributed by atoms with E-state index in [0.29, 0.717) is 13.2 Å². The first-order chi connectivity index (χ1) is 12.7. The number of carbonyl (C=O) groups excluding carboxylic acids is 1. The van der Waals surface area contributed by atoms with Gasteiger partial charge in [0.15, 0.2) is 0 Å². The number of aryl methyl sites for hydroxylation is 2. The Labute approximate surface area is 156 Å². The van der Waals surface area contributed by atoms with E-state index in [-0.39, 0.29) is 17.5 Å². The minimum Gasteiger partial charge on any atom is -0.385 e. The number of carbonyl (C=O) groups is 1. The van der Waals surface area contributed by atoms with E-state index in [4.69, 9.17) is 4.74 Å². The van der Waals surface area contributed by atoms with Crippen molar-refractivity contribution in [2.24, 2.45) is 0 Å². The van der Waals surface area contributed by atoms with Gasteiger partial charge in [0.05, 0.1) is 6.04 Å². The number of fused-ring (bicyclic) bond motifs is 1. The molecular weight excluding hydrogens is 326 g/mol. The van der Waals surface area contributed by atoms with Gasteiger partial charge in [0, 0.05) is 26.5 Å². The predicted octanol–water partition coefficient (Wildman–Crippen LogP) is 3.17. The number of methoxy groups -OCH3 is 1. The van der Waals surface area contributed by atoms with E-state index in [0.717, 1.165) is 19.3 Å². The van der Waals surface area contributed by atoms with Crippen LogP contribution < -0.4 is 10.6 Å². The molecule has 5 nitrogen and oxygen atoms in total. The largest absolute Gasteiger partial charge is 0.385 e. The van der Waals surface area contributed by atoms with Crippen LogP contribution in [0.25, 0.3) is 0 Å². The summed E-state index contributed by atoms with van der Waals surface area (Å²) < 4.78 is 4.95. The van der Waals surface area contributed by atoms with Crippen molar-refractivity contribution in [2.45, 2.75) is 51.5 Å². The molecule has 1 aliphatic rings. The van der Waals surface area contributed by atoms with Gasteiger partial charge in [-0.2, -0.15) is 5.26 Å². The van der Waals surface area contributed by atoms with Gasteiger partial charge in [-0.25, -0.2) is 0 Å². The topological polar surface area (TPSA) is 74.2 Å². The van der Waals surface area contributed by atoms with Gasteiger partial charge in [-0.1, -0.05) is 25.1 Å². The molecule has 140 valence electrons. The molecule has 1 amide bonds. The lowest BCUT2D eigenvalue weighted by atomic mass is 9.89. The third-order valence-corrected chi connectivity index (χ3v) is 4.79. The summed E-state index contributed by atoms with van der Waals surface area (Å²) in [5, 5.41) is 15.3. The van der Waals surface area contributed by atoms with Crippen molar-refractivity contribution < 1.29 is 9.53 Å². The minimum absolute atomic E-state index is 0.0897. The zero-order valence-corrected chi connectivity index (χ0v) is 15.8. The van der Waals surface area contributed by atoms with Crippen molar-refractivity contribution in [3.05, 3.63) is 46.7 Å². The highest BCUT2D eigenvalue weighted by Gasteiger charge is 2.14. The van der Waals surface area contributed by atoms with E-state index >= 15 is 0 Å². The van der Waals surface area contributed by atoms with Crippen LogP contribution in [-0.4, -0.2) is 26.2 Å². The molecule has 1 aliphatic carbocycles. The minimum atomic E-state index is -0.351. The van der Waals surface area contributed by atoms with Gasteiger partial charge in [0.25, 0.3) is 5.91 Å². The second kappa shape index (κ2) is 10.6. The highest BCUT2D eigenvalue weighted by Crippen LogP contribution is 2.26. The number of ether oxygens (including phenoxy) is 1. The number of hydrogen-bond donors (Lipinski definition) is 2. The molecule has 26 heavy (non-hydrogen) atoms. The molecule has 0 aliphatic heterocycles. The second-order valence-electron chi connectivity index (χ2n) is 6.63. The van der Waals surface area contributed by atoms with E-state index in [1.165, 1.54) is 36.0 Å². The molecule has 0 fully saturated rings. The van der Waals surface area contributed by atoms with Crippen molar-refractivity contribution in [3.8, 4) is 6.07 Å². The Kier molecular flexibility index (Phi) is 8.17. The standard InChI is InChI=1S/C21H29N3O2/c1-3-20(18-10-9-16-7-4-5-8-17(16)13-18)24-15-19(14-22)21(25)23-11-6-12-26-2/h9-10,13,15,20,24H,3-8,11-12H2,1-2H3,(H,23,25)/b19-15-. The summed E-state index contributed by atoms with van der Waals surface area (Å²) in [6.45, 7) is 3.18. The number of nitrogens with one attached hydrogen (secondary N) is 2. The number of nitrogens with zero attached hydrogens (tertiary/aromatic N) is 1. The average molecular weight is 355 g/mol. The molecule has 0 saturated carbocycles. The number of rotatable bonds is 9. The normalized spacial score (nSPS) is 14.9. The van der Waals surface area contributed by atoms with Crippen LogP contribution in [0.5, 0.6) is 0 Å². The summed E-state index contributed by atoms with van der Waals surface area (Å²) in [6.07, 6.45) is 7.98. The summed E-state index contributed by atoms with van der Waals surface area (Å²) >= 11 is 0. The maximum Gasteiger partial charge on any atom is 0.263 e. The van der Waals surface area contributed by atoms with E-state index in [9.17, 15) is 10.1 Å². The SMILES string of the molecule is CCC(N/C=C(/C#N)C(=O)NCCCOC)c1ccc2c(c1)CCCC2. The van der Waals surface area contributed by atoms with Crippen molar-refractivity contribution in [2.75, 3.05) is 20.3 Å². The molecule has 2 rings (SSSR count). The Morgan fingerprint density at radius 2 is 2.12 bits per heavy atom. The molecule has 0 aromatic heterocycles. The van der Waals surface area contributed by atoms with Crippen LogP contribution in [-0.2, 0) is 22.4 Å². The van der Waals surface area contributed by atoms with E-state index in [2.05, 4.69) is 35.8 Å². The molecule has 0 spiro atoms. The maximum absolute atomic E-state index is 12.1. The van der Waals surface area contributed by atoms with Gasteiger partial charge >= 0.3 is 0 Å². The number of hydrogen-bond acceptors (Lipinski definition) is 4. The lowest BCUT2D eigenvalue weighted by Gasteiger charge is -2.21. The summed E-state index contributed by atoms with van der Waals surface area (Å²) in [7, 11) is 1.62. The Bertz CT molecular complexity index is 676. The molecule has 2 N–H and O–H groups in total. The van der Waals surface area contributed by atoms with Gasteiger partial charge in [-0.3, -0.25) is 4.79 Å². The monoisotopic (exact) mass is 355 g/mol.